The van der Waals surface area contributed by atoms with Crippen molar-refractivity contribution < 1.29 is 0 Å². The van der Waals surface area contributed by atoms with Crippen LogP contribution in [0.4, 0.5) is 11.6 Å². The van der Waals surface area contributed by atoms with E-state index < -0.39 is 0 Å². The Balaban J connectivity index is 1.23. The van der Waals surface area contributed by atoms with Gasteiger partial charge in [0.15, 0.2) is 0 Å². The largest absolute Gasteiger partial charge is 0.383 e. The molecule has 1 aliphatic carbocycles. The van der Waals surface area contributed by atoms with E-state index in [0.717, 1.165) is 79.8 Å². The molecule has 0 spiro atoms. The lowest BCUT2D eigenvalue weighted by Crippen LogP contribution is -2.47. The van der Waals surface area contributed by atoms with E-state index in [0.29, 0.717) is 11.4 Å². The number of nitrogens with two attached hydrogens (primary N) is 1. The molecule has 1 fully saturated rings. The molecule has 0 saturated carbocycles. The van der Waals surface area contributed by atoms with Gasteiger partial charge in [-0.2, -0.15) is 5.26 Å². The van der Waals surface area contributed by atoms with Crippen molar-refractivity contribution in [1.82, 2.24) is 19.9 Å². The zero-order valence-corrected chi connectivity index (χ0v) is 18.7. The van der Waals surface area contributed by atoms with Crippen LogP contribution in [0.3, 0.4) is 0 Å². The zero-order chi connectivity index (χ0) is 21.4. The molecule has 0 radical (unpaired) electrons. The predicted octanol–water partition coefficient (Wildman–Crippen LogP) is 3.03. The van der Waals surface area contributed by atoms with Crippen molar-refractivity contribution in [2.45, 2.75) is 32.6 Å². The molecule has 1 saturated heterocycles. The number of piperazine rings is 1. The molecule has 7 nitrogen and oxygen atoms in total. The number of pyridine rings is 1. The molecule has 0 bridgehead atoms. The number of fused-ring (bicyclic) bond motifs is 3. The zero-order valence-electron chi connectivity index (χ0n) is 17.8. The summed E-state index contributed by atoms with van der Waals surface area (Å²) in [6.07, 6.45) is 6.01. The van der Waals surface area contributed by atoms with E-state index >= 15 is 0 Å². The number of aryl methyl sites for hydroxylation is 1. The standard InChI is InChI=1S/C23H27N7S/c1-15-4-5-17-18(13-15)31-23-20(17)21(25)27-19(28-23)6-8-29-9-11-30(12-10-29)22-16(14-24)3-2-7-26-22/h2-3,7,15H,4-6,8-13H2,1H3,(H2,25,27,28). The molecule has 0 amide bonds. The molecule has 3 aromatic heterocycles. The number of aromatic nitrogens is 3. The highest BCUT2D eigenvalue weighted by atomic mass is 32.1. The monoisotopic (exact) mass is 433 g/mol. The second-order valence-corrected chi connectivity index (χ2v) is 9.71. The van der Waals surface area contributed by atoms with Gasteiger partial charge in [0.1, 0.15) is 28.4 Å². The maximum atomic E-state index is 9.33. The van der Waals surface area contributed by atoms with Crippen LogP contribution >= 0.6 is 11.3 Å². The van der Waals surface area contributed by atoms with E-state index in [9.17, 15) is 5.26 Å². The van der Waals surface area contributed by atoms with Crippen molar-refractivity contribution in [2.75, 3.05) is 43.4 Å². The Morgan fingerprint density at radius 2 is 2.10 bits per heavy atom. The number of nitrogen functional groups attached to an aromatic ring is 1. The van der Waals surface area contributed by atoms with Gasteiger partial charge in [-0.3, -0.25) is 4.90 Å². The molecule has 4 heterocycles. The van der Waals surface area contributed by atoms with Crippen LogP contribution in [0.2, 0.25) is 0 Å². The molecule has 1 unspecified atom stereocenters. The SMILES string of the molecule is CC1CCc2c(sc3nc(CCN4CCN(c5ncccc5C#N)CC4)nc(N)c23)C1. The summed E-state index contributed by atoms with van der Waals surface area (Å²) >= 11 is 1.81. The Kier molecular flexibility index (Phi) is 5.47. The molecule has 2 aliphatic rings. The van der Waals surface area contributed by atoms with Gasteiger partial charge in [-0.15, -0.1) is 11.3 Å². The van der Waals surface area contributed by atoms with E-state index in [4.69, 9.17) is 10.7 Å². The average molecular weight is 434 g/mol. The van der Waals surface area contributed by atoms with E-state index in [-0.39, 0.29) is 0 Å². The highest BCUT2D eigenvalue weighted by molar-refractivity contribution is 7.19. The highest BCUT2D eigenvalue weighted by Gasteiger charge is 2.24. The molecule has 3 aromatic rings. The second kappa shape index (κ2) is 8.40. The van der Waals surface area contributed by atoms with Gasteiger partial charge >= 0.3 is 0 Å². The summed E-state index contributed by atoms with van der Waals surface area (Å²) in [6, 6.07) is 5.89. The molecule has 8 heteroatoms. The van der Waals surface area contributed by atoms with Gasteiger partial charge in [-0.25, -0.2) is 15.0 Å². The summed E-state index contributed by atoms with van der Waals surface area (Å²) < 4.78 is 0. The summed E-state index contributed by atoms with van der Waals surface area (Å²) in [7, 11) is 0. The Morgan fingerprint density at radius 3 is 2.90 bits per heavy atom. The molecule has 1 atom stereocenters. The minimum atomic E-state index is 0.640. The number of hydrogen-bond acceptors (Lipinski definition) is 8. The van der Waals surface area contributed by atoms with Crippen LogP contribution in [-0.2, 0) is 19.3 Å². The van der Waals surface area contributed by atoms with Gasteiger partial charge in [0.05, 0.1) is 10.9 Å². The lowest BCUT2D eigenvalue weighted by Gasteiger charge is -2.35. The van der Waals surface area contributed by atoms with Gasteiger partial charge in [-0.1, -0.05) is 6.92 Å². The summed E-state index contributed by atoms with van der Waals surface area (Å²) in [5, 5.41) is 10.4. The normalized spacial score (nSPS) is 19.4. The van der Waals surface area contributed by atoms with Crippen LogP contribution in [0, 0.1) is 17.2 Å². The molecule has 1 aliphatic heterocycles. The average Bonchev–Trinajstić information content (AvgIpc) is 3.15. The molecular weight excluding hydrogens is 406 g/mol. The minimum absolute atomic E-state index is 0.640. The van der Waals surface area contributed by atoms with Crippen molar-refractivity contribution in [3.05, 3.63) is 40.2 Å². The first-order valence-electron chi connectivity index (χ1n) is 11.0. The minimum Gasteiger partial charge on any atom is -0.383 e. The fourth-order valence-electron chi connectivity index (χ4n) is 4.71. The Morgan fingerprint density at radius 1 is 1.26 bits per heavy atom. The van der Waals surface area contributed by atoms with Crippen molar-refractivity contribution >= 4 is 33.2 Å². The van der Waals surface area contributed by atoms with Crippen molar-refractivity contribution in [3.8, 4) is 6.07 Å². The van der Waals surface area contributed by atoms with Crippen LogP contribution in [-0.4, -0.2) is 52.6 Å². The van der Waals surface area contributed by atoms with Crippen molar-refractivity contribution in [1.29, 1.82) is 5.26 Å². The number of anilines is 2. The molecule has 160 valence electrons. The third kappa shape index (κ3) is 3.95. The highest BCUT2D eigenvalue weighted by Crippen LogP contribution is 2.39. The third-order valence-corrected chi connectivity index (χ3v) is 7.61. The van der Waals surface area contributed by atoms with Gasteiger partial charge in [0, 0.05) is 50.2 Å². The van der Waals surface area contributed by atoms with Gasteiger partial charge in [0.25, 0.3) is 0 Å². The Bertz CT molecular complexity index is 1140. The summed E-state index contributed by atoms with van der Waals surface area (Å²) in [4.78, 5) is 21.1. The lowest BCUT2D eigenvalue weighted by molar-refractivity contribution is 0.259. The number of nitriles is 1. The number of rotatable bonds is 4. The first-order valence-corrected chi connectivity index (χ1v) is 11.8. The summed E-state index contributed by atoms with van der Waals surface area (Å²) in [5.41, 5.74) is 8.41. The van der Waals surface area contributed by atoms with E-state index in [1.165, 1.54) is 16.9 Å². The predicted molar refractivity (Wildman–Crippen MR) is 124 cm³/mol. The quantitative estimate of drug-likeness (QED) is 0.676. The lowest BCUT2D eigenvalue weighted by atomic mass is 9.89. The van der Waals surface area contributed by atoms with Crippen LogP contribution in [0.25, 0.3) is 10.2 Å². The van der Waals surface area contributed by atoms with E-state index in [1.54, 1.807) is 6.20 Å². The smallest absolute Gasteiger partial charge is 0.146 e. The van der Waals surface area contributed by atoms with Crippen molar-refractivity contribution in [3.63, 3.8) is 0 Å². The first-order chi connectivity index (χ1) is 15.1. The number of hydrogen-bond donors (Lipinski definition) is 1. The van der Waals surface area contributed by atoms with Gasteiger partial charge in [0.2, 0.25) is 0 Å². The summed E-state index contributed by atoms with van der Waals surface area (Å²) in [5.74, 6) is 3.03. The first kappa shape index (κ1) is 20.2. The topological polar surface area (TPSA) is 95.0 Å². The van der Waals surface area contributed by atoms with Crippen LogP contribution in [0.5, 0.6) is 0 Å². The molecule has 5 rings (SSSR count). The van der Waals surface area contributed by atoms with E-state index in [1.807, 2.05) is 23.5 Å². The van der Waals surface area contributed by atoms with Gasteiger partial charge < -0.3 is 10.6 Å². The third-order valence-electron chi connectivity index (χ3n) is 6.46. The molecule has 31 heavy (non-hydrogen) atoms. The second-order valence-electron chi connectivity index (χ2n) is 8.62. The van der Waals surface area contributed by atoms with Crippen LogP contribution in [0.15, 0.2) is 18.3 Å². The van der Waals surface area contributed by atoms with Gasteiger partial charge in [-0.05, 0) is 42.9 Å². The molecule has 0 aromatic carbocycles. The Labute approximate surface area is 186 Å². The maximum Gasteiger partial charge on any atom is 0.146 e. The fraction of sp³-hybridized carbons (Fsp3) is 0.478. The van der Waals surface area contributed by atoms with Crippen molar-refractivity contribution in [2.24, 2.45) is 5.92 Å². The fourth-order valence-corrected chi connectivity index (χ4v) is 6.12. The molecular formula is C23H27N7S. The number of thiophene rings is 1. The van der Waals surface area contributed by atoms with Crippen LogP contribution in [0.1, 0.15) is 35.2 Å². The number of nitrogens with zero attached hydrogens (tertiary/aromatic N) is 6. The van der Waals surface area contributed by atoms with Crippen LogP contribution < -0.4 is 10.6 Å². The Hall–Kier alpha value is -2.76. The maximum absolute atomic E-state index is 9.33. The summed E-state index contributed by atoms with van der Waals surface area (Å²) in [6.45, 7) is 6.83. The van der Waals surface area contributed by atoms with E-state index in [2.05, 4.69) is 32.8 Å². The molecule has 2 N–H and O–H groups in total.